The molecule has 4 nitrogen and oxygen atoms in total. The number of benzene rings is 1. The van der Waals surface area contributed by atoms with Gasteiger partial charge in [0.05, 0.1) is 12.7 Å². The first-order valence-corrected chi connectivity index (χ1v) is 11.2. The third-order valence-electron chi connectivity index (χ3n) is 5.37. The van der Waals surface area contributed by atoms with Crippen molar-refractivity contribution in [1.82, 2.24) is 15.0 Å². The SMILES string of the molecule is OC(c1ccc[cH-]1)(c1ccc[cH-]1)c1cn(Cc2ccccc2)nn1.[Fe+2].[Fe+2].c1cc[cH-]c1.c1cc[cH-]c1. The van der Waals surface area contributed by atoms with Crippen molar-refractivity contribution in [1.29, 1.82) is 0 Å². The molecule has 0 spiro atoms. The van der Waals surface area contributed by atoms with Crippen molar-refractivity contribution in [3.05, 3.63) is 168 Å². The first-order chi connectivity index (χ1) is 16.8. The standard InChI is InChI=1S/C20H17N3O.2C5H5.2Fe/c24-20(17-10-4-5-11-17,18-12-6-7-13-18)19-15-23(22-21-19)14-16-8-2-1-3-9-16;2*1-2-4-5-3-1;;/h1-13,15,24H,14H2;2*1-5H;;/q-2;2*-1;2*+2. The molecule has 0 fully saturated rings. The summed E-state index contributed by atoms with van der Waals surface area (Å²) in [5.41, 5.74) is 1.96. The summed E-state index contributed by atoms with van der Waals surface area (Å²) in [4.78, 5) is 0. The molecule has 0 aliphatic carbocycles. The number of hydrogen-bond acceptors (Lipinski definition) is 3. The van der Waals surface area contributed by atoms with E-state index in [1.54, 1.807) is 4.68 Å². The Morgan fingerprint density at radius 3 is 1.61 bits per heavy atom. The van der Waals surface area contributed by atoms with E-state index >= 15 is 0 Å². The molecule has 0 saturated heterocycles. The molecule has 6 rings (SSSR count). The van der Waals surface area contributed by atoms with Crippen LogP contribution in [0, 0.1) is 0 Å². The summed E-state index contributed by atoms with van der Waals surface area (Å²) in [6, 6.07) is 45.3. The van der Waals surface area contributed by atoms with Gasteiger partial charge in [0, 0.05) is 0 Å². The molecule has 0 radical (unpaired) electrons. The minimum Gasteiger partial charge on any atom is -0.379 e. The first-order valence-electron chi connectivity index (χ1n) is 11.2. The van der Waals surface area contributed by atoms with Crippen LogP contribution in [0.2, 0.25) is 0 Å². The molecule has 5 aromatic carbocycles. The molecule has 0 atom stereocenters. The molecule has 0 bridgehead atoms. The smallest absolute Gasteiger partial charge is 0.379 e. The van der Waals surface area contributed by atoms with E-state index in [0.717, 1.165) is 16.7 Å². The Kier molecular flexibility index (Phi) is 12.1. The Morgan fingerprint density at radius 2 is 1.19 bits per heavy atom. The fourth-order valence-corrected chi connectivity index (χ4v) is 3.65. The van der Waals surface area contributed by atoms with Gasteiger partial charge in [0.1, 0.15) is 11.3 Å². The molecular formula is C30H27Fe2N3O. The summed E-state index contributed by atoms with van der Waals surface area (Å²) in [5, 5.41) is 19.9. The summed E-state index contributed by atoms with van der Waals surface area (Å²) < 4.78 is 1.75. The van der Waals surface area contributed by atoms with Crippen LogP contribution in [0.5, 0.6) is 0 Å². The van der Waals surface area contributed by atoms with E-state index in [2.05, 4.69) is 10.3 Å². The number of rotatable bonds is 5. The number of aromatic nitrogens is 3. The van der Waals surface area contributed by atoms with Crippen LogP contribution in [0.4, 0.5) is 0 Å². The Labute approximate surface area is 233 Å². The average molecular weight is 557 g/mol. The van der Waals surface area contributed by atoms with Crippen molar-refractivity contribution in [2.24, 2.45) is 0 Å². The topological polar surface area (TPSA) is 50.9 Å². The maximum absolute atomic E-state index is 11.5. The molecule has 0 saturated carbocycles. The zero-order valence-corrected chi connectivity index (χ0v) is 21.8. The Hall–Kier alpha value is -3.24. The second-order valence-corrected chi connectivity index (χ2v) is 7.77. The van der Waals surface area contributed by atoms with Crippen LogP contribution < -0.4 is 0 Å². The van der Waals surface area contributed by atoms with Crippen molar-refractivity contribution in [3.63, 3.8) is 0 Å². The Bertz CT molecular complexity index is 1180. The van der Waals surface area contributed by atoms with Crippen molar-refractivity contribution in [2.75, 3.05) is 0 Å². The third-order valence-corrected chi connectivity index (χ3v) is 5.37. The fourth-order valence-electron chi connectivity index (χ4n) is 3.65. The molecule has 1 aromatic heterocycles. The van der Waals surface area contributed by atoms with Gasteiger partial charge in [-0.15, -0.1) is 16.2 Å². The second-order valence-electron chi connectivity index (χ2n) is 7.77. The molecule has 0 amide bonds. The molecule has 0 aliphatic heterocycles. The minimum absolute atomic E-state index is 0. The van der Waals surface area contributed by atoms with E-state index < -0.39 is 5.60 Å². The minimum atomic E-state index is -1.29. The molecule has 1 N–H and O–H groups in total. The van der Waals surface area contributed by atoms with Gasteiger partial charge in [0.15, 0.2) is 0 Å². The molecule has 6 aromatic rings. The van der Waals surface area contributed by atoms with Gasteiger partial charge in [-0.1, -0.05) is 35.5 Å². The Morgan fingerprint density at radius 1 is 0.667 bits per heavy atom. The second kappa shape index (κ2) is 15.0. The monoisotopic (exact) mass is 557 g/mol. The molecule has 36 heavy (non-hydrogen) atoms. The van der Waals surface area contributed by atoms with Gasteiger partial charge in [-0.05, 0) is 5.56 Å². The number of hydrogen-bond donors (Lipinski definition) is 1. The van der Waals surface area contributed by atoms with Gasteiger partial charge in [-0.2, -0.15) is 60.7 Å². The summed E-state index contributed by atoms with van der Waals surface area (Å²) in [6.07, 6.45) is 1.81. The van der Waals surface area contributed by atoms with E-state index in [-0.39, 0.29) is 34.1 Å². The first kappa shape index (κ1) is 29.0. The van der Waals surface area contributed by atoms with Crippen molar-refractivity contribution in [2.45, 2.75) is 12.1 Å². The maximum Gasteiger partial charge on any atom is 2.00 e. The molecular weight excluding hydrogens is 530 g/mol. The van der Waals surface area contributed by atoms with Crippen molar-refractivity contribution < 1.29 is 39.2 Å². The van der Waals surface area contributed by atoms with Crippen LogP contribution in [0.3, 0.4) is 0 Å². The van der Waals surface area contributed by atoms with E-state index in [0.29, 0.717) is 12.2 Å². The van der Waals surface area contributed by atoms with Gasteiger partial charge in [0.2, 0.25) is 0 Å². The van der Waals surface area contributed by atoms with Crippen LogP contribution in [0.1, 0.15) is 22.4 Å². The third kappa shape index (κ3) is 7.63. The average Bonchev–Trinajstić information content (AvgIpc) is 3.72. The van der Waals surface area contributed by atoms with E-state index in [1.165, 1.54) is 0 Å². The van der Waals surface area contributed by atoms with Gasteiger partial charge in [-0.25, -0.2) is 53.2 Å². The van der Waals surface area contributed by atoms with Gasteiger partial charge in [0.25, 0.3) is 0 Å². The Balaban J connectivity index is 0.000000317. The van der Waals surface area contributed by atoms with E-state index in [9.17, 15) is 5.11 Å². The molecule has 0 unspecified atom stereocenters. The van der Waals surface area contributed by atoms with E-state index in [1.807, 2.05) is 146 Å². The van der Waals surface area contributed by atoms with E-state index in [4.69, 9.17) is 0 Å². The molecule has 6 heteroatoms. The van der Waals surface area contributed by atoms with Crippen molar-refractivity contribution in [3.8, 4) is 0 Å². The van der Waals surface area contributed by atoms with Crippen LogP contribution in [-0.2, 0) is 46.3 Å². The normalized spacial score (nSPS) is 10.0. The molecule has 184 valence electrons. The van der Waals surface area contributed by atoms with Crippen LogP contribution in [0.25, 0.3) is 0 Å². The van der Waals surface area contributed by atoms with Crippen LogP contribution in [-0.4, -0.2) is 20.1 Å². The number of aliphatic hydroxyl groups is 1. The largest absolute Gasteiger partial charge is 2.00 e. The zero-order chi connectivity index (χ0) is 23.5. The maximum atomic E-state index is 11.5. The van der Waals surface area contributed by atoms with Gasteiger partial charge in [-0.3, -0.25) is 0 Å². The summed E-state index contributed by atoms with van der Waals surface area (Å²) >= 11 is 0. The zero-order valence-electron chi connectivity index (χ0n) is 19.6. The van der Waals surface area contributed by atoms with Crippen molar-refractivity contribution >= 4 is 0 Å². The summed E-state index contributed by atoms with van der Waals surface area (Å²) in [7, 11) is 0. The number of nitrogens with zero attached hydrogens (tertiary/aromatic N) is 3. The fraction of sp³-hybridized carbons (Fsp3) is 0.0667. The predicted octanol–water partition coefficient (Wildman–Crippen LogP) is 5.85. The predicted molar refractivity (Wildman–Crippen MR) is 136 cm³/mol. The van der Waals surface area contributed by atoms with Gasteiger partial charge >= 0.3 is 34.1 Å². The van der Waals surface area contributed by atoms with Crippen LogP contribution in [0.15, 0.2) is 146 Å². The quantitative estimate of drug-likeness (QED) is 0.214. The molecule has 0 aliphatic rings. The van der Waals surface area contributed by atoms with Crippen LogP contribution >= 0.6 is 0 Å². The summed E-state index contributed by atoms with van der Waals surface area (Å²) in [6.45, 7) is 0.617. The summed E-state index contributed by atoms with van der Waals surface area (Å²) in [5.74, 6) is 0. The van der Waals surface area contributed by atoms with Gasteiger partial charge < -0.3 is 5.11 Å². The molecule has 1 heterocycles.